The molecule has 2 amide bonds. The Kier molecular flexibility index (Phi) is 6.21. The minimum atomic E-state index is -3.92. The van der Waals surface area contributed by atoms with Crippen LogP contribution in [0.15, 0.2) is 47.4 Å². The van der Waals surface area contributed by atoms with Crippen molar-refractivity contribution in [3.05, 3.63) is 53.6 Å². The zero-order chi connectivity index (χ0) is 22.9. The van der Waals surface area contributed by atoms with Crippen LogP contribution in [0.5, 0.6) is 5.75 Å². The van der Waals surface area contributed by atoms with Gasteiger partial charge in [-0.05, 0) is 42.9 Å². The Bertz CT molecular complexity index is 1130. The van der Waals surface area contributed by atoms with E-state index in [4.69, 9.17) is 4.74 Å². The highest BCUT2D eigenvalue weighted by atomic mass is 32.2. The van der Waals surface area contributed by atoms with Crippen LogP contribution in [0.1, 0.15) is 36.8 Å². The molecule has 1 saturated heterocycles. The van der Waals surface area contributed by atoms with Crippen molar-refractivity contribution in [2.75, 3.05) is 25.0 Å². The predicted molar refractivity (Wildman–Crippen MR) is 120 cm³/mol. The fourth-order valence-corrected chi connectivity index (χ4v) is 6.06. The van der Waals surface area contributed by atoms with Crippen LogP contribution < -0.4 is 15.4 Å². The van der Waals surface area contributed by atoms with Gasteiger partial charge in [-0.2, -0.15) is 4.31 Å². The maximum atomic E-state index is 13.5. The van der Waals surface area contributed by atoms with E-state index in [1.807, 2.05) is 37.3 Å². The first kappa shape index (κ1) is 22.3. The van der Waals surface area contributed by atoms with E-state index < -0.39 is 16.1 Å². The minimum Gasteiger partial charge on any atom is -0.482 e. The number of amides is 2. The van der Waals surface area contributed by atoms with Gasteiger partial charge in [0.25, 0.3) is 5.91 Å². The van der Waals surface area contributed by atoms with Gasteiger partial charge in [-0.3, -0.25) is 9.59 Å². The van der Waals surface area contributed by atoms with E-state index in [2.05, 4.69) is 10.6 Å². The summed E-state index contributed by atoms with van der Waals surface area (Å²) < 4.78 is 33.6. The van der Waals surface area contributed by atoms with E-state index in [-0.39, 0.29) is 35.8 Å². The topological polar surface area (TPSA) is 105 Å². The lowest BCUT2D eigenvalue weighted by molar-refractivity contribution is -0.124. The van der Waals surface area contributed by atoms with Crippen LogP contribution in [0.2, 0.25) is 0 Å². The number of rotatable bonds is 6. The summed E-state index contributed by atoms with van der Waals surface area (Å²) in [5, 5.41) is 5.61. The van der Waals surface area contributed by atoms with Crippen LogP contribution in [0.4, 0.5) is 5.69 Å². The molecule has 2 heterocycles. The van der Waals surface area contributed by atoms with Gasteiger partial charge in [-0.1, -0.05) is 37.3 Å². The van der Waals surface area contributed by atoms with Gasteiger partial charge in [0.1, 0.15) is 11.8 Å². The molecule has 2 N–H and O–H groups in total. The molecule has 8 nitrogen and oxygen atoms in total. The molecule has 2 aromatic rings. The second kappa shape index (κ2) is 8.91. The number of benzene rings is 2. The molecule has 0 radical (unpaired) electrons. The summed E-state index contributed by atoms with van der Waals surface area (Å²) in [4.78, 5) is 24.6. The highest BCUT2D eigenvalue weighted by Gasteiger charge is 2.40. The molecule has 0 spiro atoms. The summed E-state index contributed by atoms with van der Waals surface area (Å²) in [6.45, 7) is 4.24. The average molecular weight is 458 g/mol. The summed E-state index contributed by atoms with van der Waals surface area (Å²) in [6, 6.07) is 12.1. The van der Waals surface area contributed by atoms with Crippen molar-refractivity contribution < 1.29 is 22.7 Å². The number of fused-ring (bicyclic) bond motifs is 1. The number of nitrogens with one attached hydrogen (secondary N) is 2. The van der Waals surface area contributed by atoms with E-state index in [1.165, 1.54) is 10.4 Å². The van der Waals surface area contributed by atoms with Crippen molar-refractivity contribution in [3.63, 3.8) is 0 Å². The van der Waals surface area contributed by atoms with Crippen LogP contribution in [-0.4, -0.2) is 50.3 Å². The number of hydrogen-bond acceptors (Lipinski definition) is 5. The Morgan fingerprint density at radius 1 is 1.28 bits per heavy atom. The molecule has 1 fully saturated rings. The van der Waals surface area contributed by atoms with Crippen molar-refractivity contribution in [2.45, 2.75) is 43.5 Å². The van der Waals surface area contributed by atoms with Crippen LogP contribution in [0, 0.1) is 6.92 Å². The molecule has 2 atom stereocenters. The molecule has 2 aliphatic heterocycles. The first-order valence-corrected chi connectivity index (χ1v) is 12.1. The van der Waals surface area contributed by atoms with Crippen LogP contribution >= 0.6 is 0 Å². The van der Waals surface area contributed by atoms with Crippen LogP contribution in [0.3, 0.4) is 0 Å². The van der Waals surface area contributed by atoms with E-state index >= 15 is 0 Å². The van der Waals surface area contributed by atoms with E-state index in [0.29, 0.717) is 36.4 Å². The third kappa shape index (κ3) is 4.35. The van der Waals surface area contributed by atoms with Gasteiger partial charge >= 0.3 is 0 Å². The molecular weight excluding hydrogens is 430 g/mol. The largest absolute Gasteiger partial charge is 0.482 e. The lowest BCUT2D eigenvalue weighted by Crippen LogP contribution is -2.46. The van der Waals surface area contributed by atoms with Gasteiger partial charge in [0.15, 0.2) is 6.61 Å². The van der Waals surface area contributed by atoms with Gasteiger partial charge in [0.2, 0.25) is 15.9 Å². The van der Waals surface area contributed by atoms with Gasteiger partial charge in [0, 0.05) is 19.2 Å². The highest BCUT2D eigenvalue weighted by molar-refractivity contribution is 7.89. The zero-order valence-electron chi connectivity index (χ0n) is 18.1. The summed E-state index contributed by atoms with van der Waals surface area (Å²) in [6.07, 6.45) is 1.09. The number of carbonyl (C=O) groups is 2. The molecule has 9 heteroatoms. The van der Waals surface area contributed by atoms with Crippen molar-refractivity contribution >= 4 is 27.5 Å². The summed E-state index contributed by atoms with van der Waals surface area (Å²) in [5.41, 5.74) is 2.04. The average Bonchev–Trinajstić information content (AvgIpc) is 3.28. The normalized spacial score (nSPS) is 19.6. The summed E-state index contributed by atoms with van der Waals surface area (Å²) >= 11 is 0. The maximum Gasteiger partial charge on any atom is 0.262 e. The Morgan fingerprint density at radius 3 is 2.78 bits per heavy atom. The molecular formula is C23H27N3O5S. The first-order chi connectivity index (χ1) is 15.3. The molecule has 0 aromatic heterocycles. The van der Waals surface area contributed by atoms with Gasteiger partial charge in [-0.15, -0.1) is 0 Å². The lowest BCUT2D eigenvalue weighted by Gasteiger charge is -2.26. The Labute approximate surface area is 188 Å². The third-order valence-corrected chi connectivity index (χ3v) is 8.00. The molecule has 170 valence electrons. The Balaban J connectivity index is 1.51. The lowest BCUT2D eigenvalue weighted by atomic mass is 10.0. The van der Waals surface area contributed by atoms with Crippen molar-refractivity contribution in [2.24, 2.45) is 0 Å². The molecule has 0 bridgehead atoms. The number of ether oxygens (including phenoxy) is 1. The standard InChI is InChI=1S/C23H27N3O5S/c1-15-11-18-20(31-14-22(27)25-18)12-21(15)32(29,30)26-10-6-9-19(26)23(28)24-13-16(2)17-7-4-3-5-8-17/h3-5,7-8,11-12,16,19H,6,9-10,13-14H2,1-2H3,(H,24,28)(H,25,27)/t16-,19+/m1/s1. The molecule has 4 rings (SSSR count). The smallest absolute Gasteiger partial charge is 0.262 e. The van der Waals surface area contributed by atoms with E-state index in [1.54, 1.807) is 13.0 Å². The Hall–Kier alpha value is -2.91. The first-order valence-electron chi connectivity index (χ1n) is 10.7. The molecule has 32 heavy (non-hydrogen) atoms. The molecule has 2 aromatic carbocycles. The number of sulfonamides is 1. The SMILES string of the molecule is Cc1cc2c(cc1S(=O)(=O)N1CCC[C@H]1C(=O)NC[C@@H](C)c1ccccc1)OCC(=O)N2. The van der Waals surface area contributed by atoms with E-state index in [9.17, 15) is 18.0 Å². The number of anilines is 1. The predicted octanol–water partition coefficient (Wildman–Crippen LogP) is 2.40. The monoisotopic (exact) mass is 457 g/mol. The number of aryl methyl sites for hydroxylation is 1. The molecule has 2 aliphatic rings. The zero-order valence-corrected chi connectivity index (χ0v) is 18.9. The summed E-state index contributed by atoms with van der Waals surface area (Å²) in [7, 11) is -3.92. The van der Waals surface area contributed by atoms with Crippen molar-refractivity contribution in [1.82, 2.24) is 9.62 Å². The fraction of sp³-hybridized carbons (Fsp3) is 0.391. The fourth-order valence-electron chi connectivity index (χ4n) is 4.18. The van der Waals surface area contributed by atoms with Crippen LogP contribution in [-0.2, 0) is 19.6 Å². The van der Waals surface area contributed by atoms with Gasteiger partial charge < -0.3 is 15.4 Å². The second-order valence-corrected chi connectivity index (χ2v) is 10.1. The highest BCUT2D eigenvalue weighted by Crippen LogP contribution is 2.36. The Morgan fingerprint density at radius 2 is 2.03 bits per heavy atom. The maximum absolute atomic E-state index is 13.5. The molecule has 0 aliphatic carbocycles. The third-order valence-electron chi connectivity index (χ3n) is 5.95. The summed E-state index contributed by atoms with van der Waals surface area (Å²) in [5.74, 6) is -0.144. The quantitative estimate of drug-likeness (QED) is 0.693. The van der Waals surface area contributed by atoms with Crippen molar-refractivity contribution in [1.29, 1.82) is 0 Å². The molecule has 0 saturated carbocycles. The van der Waals surface area contributed by atoms with E-state index in [0.717, 1.165) is 5.56 Å². The van der Waals surface area contributed by atoms with Crippen LogP contribution in [0.25, 0.3) is 0 Å². The number of carbonyl (C=O) groups excluding carboxylic acids is 2. The van der Waals surface area contributed by atoms with Gasteiger partial charge in [0.05, 0.1) is 10.6 Å². The molecule has 0 unspecified atom stereocenters. The second-order valence-electron chi connectivity index (χ2n) is 8.28. The van der Waals surface area contributed by atoms with Crippen molar-refractivity contribution in [3.8, 4) is 5.75 Å². The number of hydrogen-bond donors (Lipinski definition) is 2. The number of nitrogens with zero attached hydrogens (tertiary/aromatic N) is 1. The van der Waals surface area contributed by atoms with Gasteiger partial charge in [-0.25, -0.2) is 8.42 Å². The minimum absolute atomic E-state index is 0.0877.